The van der Waals surface area contributed by atoms with Gasteiger partial charge in [-0.1, -0.05) is 26.8 Å². The fourth-order valence-electron chi connectivity index (χ4n) is 1.83. The van der Waals surface area contributed by atoms with E-state index in [-0.39, 0.29) is 5.41 Å². The van der Waals surface area contributed by atoms with Crippen LogP contribution < -0.4 is 10.5 Å². The van der Waals surface area contributed by atoms with Crippen LogP contribution in [0.3, 0.4) is 0 Å². The molecule has 0 radical (unpaired) electrons. The molecule has 0 bridgehead atoms. The van der Waals surface area contributed by atoms with Crippen LogP contribution in [0.15, 0.2) is 30.3 Å². The molecule has 0 unspecified atom stereocenters. The number of nitrogen functional groups attached to an aromatic ring is 1. The minimum Gasteiger partial charge on any atom is -0.486 e. The Morgan fingerprint density at radius 2 is 1.90 bits per heavy atom. The molecule has 2 aromatic rings. The van der Waals surface area contributed by atoms with Crippen molar-refractivity contribution in [3.8, 4) is 5.75 Å². The minimum absolute atomic E-state index is 0.000372. The van der Waals surface area contributed by atoms with Gasteiger partial charge in [-0.25, -0.2) is 9.97 Å². The van der Waals surface area contributed by atoms with Crippen LogP contribution in [0, 0.1) is 6.92 Å². The summed E-state index contributed by atoms with van der Waals surface area (Å²) < 4.78 is 5.69. The summed E-state index contributed by atoms with van der Waals surface area (Å²) in [6.45, 7) is 8.72. The smallest absolute Gasteiger partial charge is 0.166 e. The predicted molar refractivity (Wildman–Crippen MR) is 80.7 cm³/mol. The van der Waals surface area contributed by atoms with Crippen molar-refractivity contribution in [2.45, 2.75) is 39.7 Å². The van der Waals surface area contributed by atoms with Gasteiger partial charge in [-0.05, 0) is 25.1 Å². The van der Waals surface area contributed by atoms with Gasteiger partial charge in [-0.3, -0.25) is 0 Å². The van der Waals surface area contributed by atoms with Gasteiger partial charge in [0.15, 0.2) is 5.82 Å². The highest BCUT2D eigenvalue weighted by atomic mass is 16.5. The van der Waals surface area contributed by atoms with E-state index in [9.17, 15) is 0 Å². The lowest BCUT2D eigenvalue weighted by atomic mass is 9.91. The summed E-state index contributed by atoms with van der Waals surface area (Å²) in [5, 5.41) is 0. The van der Waals surface area contributed by atoms with E-state index in [1.807, 2.05) is 31.2 Å². The second kappa shape index (κ2) is 5.49. The monoisotopic (exact) mass is 271 g/mol. The van der Waals surface area contributed by atoms with Crippen molar-refractivity contribution in [1.82, 2.24) is 9.97 Å². The molecule has 0 fully saturated rings. The lowest BCUT2D eigenvalue weighted by Gasteiger charge is -2.19. The topological polar surface area (TPSA) is 61.0 Å². The van der Waals surface area contributed by atoms with Gasteiger partial charge in [0.2, 0.25) is 0 Å². The van der Waals surface area contributed by atoms with E-state index in [2.05, 4.69) is 30.7 Å². The van der Waals surface area contributed by atoms with Gasteiger partial charge >= 0.3 is 0 Å². The molecule has 0 aliphatic heterocycles. The summed E-state index contributed by atoms with van der Waals surface area (Å²) in [4.78, 5) is 8.99. The Morgan fingerprint density at radius 1 is 1.15 bits per heavy atom. The lowest BCUT2D eigenvalue weighted by molar-refractivity contribution is 0.294. The predicted octanol–water partition coefficient (Wildman–Crippen LogP) is 3.24. The molecular formula is C16H21N3O. The minimum atomic E-state index is -0.000372. The van der Waals surface area contributed by atoms with Crippen LogP contribution in [0.1, 0.15) is 38.0 Å². The van der Waals surface area contributed by atoms with Crippen LogP contribution >= 0.6 is 0 Å². The van der Waals surface area contributed by atoms with Crippen molar-refractivity contribution in [3.05, 3.63) is 47.5 Å². The maximum atomic E-state index is 5.72. The van der Waals surface area contributed by atoms with Crippen molar-refractivity contribution in [1.29, 1.82) is 0 Å². The number of benzene rings is 1. The number of nitrogens with two attached hydrogens (primary N) is 1. The normalized spacial score (nSPS) is 11.4. The van der Waals surface area contributed by atoms with E-state index in [0.29, 0.717) is 18.1 Å². The Labute approximate surface area is 120 Å². The first kappa shape index (κ1) is 14.3. The average molecular weight is 271 g/mol. The molecule has 2 rings (SSSR count). The van der Waals surface area contributed by atoms with E-state index < -0.39 is 0 Å². The molecule has 20 heavy (non-hydrogen) atoms. The first-order chi connectivity index (χ1) is 9.34. The number of anilines is 1. The Balaban J connectivity index is 2.16. The summed E-state index contributed by atoms with van der Waals surface area (Å²) in [5.74, 6) is 1.42. The van der Waals surface area contributed by atoms with Crippen LogP contribution in [-0.4, -0.2) is 9.97 Å². The number of hydrogen-bond acceptors (Lipinski definition) is 4. The molecule has 1 heterocycles. The summed E-state index contributed by atoms with van der Waals surface area (Å²) in [5.41, 5.74) is 8.38. The molecule has 0 saturated heterocycles. The number of aromatic nitrogens is 2. The number of hydrogen-bond donors (Lipinski definition) is 1. The van der Waals surface area contributed by atoms with Gasteiger partial charge in [0.1, 0.15) is 12.4 Å². The van der Waals surface area contributed by atoms with Crippen LogP contribution in [0.4, 0.5) is 5.69 Å². The van der Waals surface area contributed by atoms with Crippen molar-refractivity contribution < 1.29 is 4.74 Å². The molecule has 4 heteroatoms. The number of ether oxygens (including phenoxy) is 1. The molecule has 0 aliphatic carbocycles. The maximum Gasteiger partial charge on any atom is 0.166 e. The Bertz CT molecular complexity index is 603. The third-order valence-electron chi connectivity index (χ3n) is 2.89. The summed E-state index contributed by atoms with van der Waals surface area (Å²) in [6.07, 6.45) is 0. The standard InChI is InChI=1S/C16H21N3O/c1-11-8-14(16(2,3)4)19-15(18-11)10-20-13-7-5-6-12(17)9-13/h5-9H,10,17H2,1-4H3. The molecule has 106 valence electrons. The molecule has 0 saturated carbocycles. The molecule has 4 nitrogen and oxygen atoms in total. The fourth-order valence-corrected chi connectivity index (χ4v) is 1.83. The molecule has 0 atom stereocenters. The second-order valence-electron chi connectivity index (χ2n) is 5.92. The first-order valence-electron chi connectivity index (χ1n) is 6.68. The van der Waals surface area contributed by atoms with Gasteiger partial charge in [-0.15, -0.1) is 0 Å². The van der Waals surface area contributed by atoms with E-state index >= 15 is 0 Å². The molecule has 1 aromatic carbocycles. The second-order valence-corrected chi connectivity index (χ2v) is 5.92. The highest BCUT2D eigenvalue weighted by Gasteiger charge is 2.17. The summed E-state index contributed by atoms with van der Waals surface area (Å²) in [7, 11) is 0. The van der Waals surface area contributed by atoms with E-state index in [1.165, 1.54) is 0 Å². The average Bonchev–Trinajstić information content (AvgIpc) is 2.35. The third kappa shape index (κ3) is 3.70. The number of nitrogens with zero attached hydrogens (tertiary/aromatic N) is 2. The zero-order valence-electron chi connectivity index (χ0n) is 12.5. The lowest BCUT2D eigenvalue weighted by Crippen LogP contribution is -2.16. The van der Waals surface area contributed by atoms with Gasteiger partial charge < -0.3 is 10.5 Å². The molecule has 2 N–H and O–H groups in total. The van der Waals surface area contributed by atoms with Crippen LogP contribution in [0.2, 0.25) is 0 Å². The van der Waals surface area contributed by atoms with E-state index in [4.69, 9.17) is 10.5 Å². The van der Waals surface area contributed by atoms with Crippen molar-refractivity contribution in [2.24, 2.45) is 0 Å². The van der Waals surface area contributed by atoms with Crippen LogP contribution in [0.25, 0.3) is 0 Å². The largest absolute Gasteiger partial charge is 0.486 e. The quantitative estimate of drug-likeness (QED) is 0.870. The highest BCUT2D eigenvalue weighted by Crippen LogP contribution is 2.21. The van der Waals surface area contributed by atoms with E-state index in [0.717, 1.165) is 17.1 Å². The van der Waals surface area contributed by atoms with Gasteiger partial charge in [0.05, 0.1) is 0 Å². The molecule has 0 spiro atoms. The molecule has 1 aromatic heterocycles. The number of rotatable bonds is 3. The van der Waals surface area contributed by atoms with Gasteiger partial charge in [-0.2, -0.15) is 0 Å². The fraction of sp³-hybridized carbons (Fsp3) is 0.375. The molecular weight excluding hydrogens is 250 g/mol. The van der Waals surface area contributed by atoms with Crippen LogP contribution in [-0.2, 0) is 12.0 Å². The van der Waals surface area contributed by atoms with Crippen molar-refractivity contribution in [2.75, 3.05) is 5.73 Å². The summed E-state index contributed by atoms with van der Waals surface area (Å²) in [6, 6.07) is 9.37. The summed E-state index contributed by atoms with van der Waals surface area (Å²) >= 11 is 0. The maximum absolute atomic E-state index is 5.72. The zero-order valence-corrected chi connectivity index (χ0v) is 12.5. The number of aryl methyl sites for hydroxylation is 1. The molecule has 0 aliphatic rings. The van der Waals surface area contributed by atoms with E-state index in [1.54, 1.807) is 6.07 Å². The zero-order chi connectivity index (χ0) is 14.8. The van der Waals surface area contributed by atoms with Crippen molar-refractivity contribution in [3.63, 3.8) is 0 Å². The third-order valence-corrected chi connectivity index (χ3v) is 2.89. The van der Waals surface area contributed by atoms with Crippen LogP contribution in [0.5, 0.6) is 5.75 Å². The van der Waals surface area contributed by atoms with Gasteiger partial charge in [0.25, 0.3) is 0 Å². The Morgan fingerprint density at radius 3 is 2.55 bits per heavy atom. The van der Waals surface area contributed by atoms with Gasteiger partial charge in [0, 0.05) is 28.6 Å². The highest BCUT2D eigenvalue weighted by molar-refractivity contribution is 5.43. The van der Waals surface area contributed by atoms with Crippen molar-refractivity contribution >= 4 is 5.69 Å². The SMILES string of the molecule is Cc1cc(C(C)(C)C)nc(COc2cccc(N)c2)n1. The Kier molecular flexibility index (Phi) is 3.93. The first-order valence-corrected chi connectivity index (χ1v) is 6.68. The Hall–Kier alpha value is -2.10. The molecule has 0 amide bonds.